The summed E-state index contributed by atoms with van der Waals surface area (Å²) in [7, 11) is 1.37. The zero-order valence-electron chi connectivity index (χ0n) is 8.29. The molecule has 0 atom stereocenters. The molecule has 0 bridgehead atoms. The normalized spacial score (nSPS) is 10.1. The fourth-order valence-electron chi connectivity index (χ4n) is 1.42. The smallest absolute Gasteiger partial charge is 0.191 e. The molecular formula is C11H6ClFN2O. The summed E-state index contributed by atoms with van der Waals surface area (Å²) in [5, 5.41) is 9.36. The third-order valence-electron chi connectivity index (χ3n) is 2.22. The molecule has 0 saturated carbocycles. The second-order valence-electron chi connectivity index (χ2n) is 3.08. The van der Waals surface area contributed by atoms with Crippen molar-refractivity contribution in [2.24, 2.45) is 0 Å². The van der Waals surface area contributed by atoms with Gasteiger partial charge in [-0.05, 0) is 12.1 Å². The van der Waals surface area contributed by atoms with Crippen LogP contribution in [0.5, 0.6) is 5.75 Å². The lowest BCUT2D eigenvalue weighted by molar-refractivity contribution is 0.388. The van der Waals surface area contributed by atoms with Gasteiger partial charge in [0.2, 0.25) is 0 Å². The molecule has 0 radical (unpaired) electrons. The number of methoxy groups -OCH3 is 1. The highest BCUT2D eigenvalue weighted by Crippen LogP contribution is 2.30. The quantitative estimate of drug-likeness (QED) is 0.765. The van der Waals surface area contributed by atoms with Crippen molar-refractivity contribution in [2.75, 3.05) is 7.11 Å². The first-order chi connectivity index (χ1) is 7.69. The maximum atomic E-state index is 13.8. The average Bonchev–Trinajstić information content (AvgIpc) is 2.31. The summed E-state index contributed by atoms with van der Waals surface area (Å²) in [6.07, 6.45) is 1.24. The molecule has 5 heteroatoms. The van der Waals surface area contributed by atoms with E-state index >= 15 is 0 Å². The van der Waals surface area contributed by atoms with Crippen LogP contribution in [0.4, 0.5) is 4.39 Å². The van der Waals surface area contributed by atoms with Gasteiger partial charge in [-0.2, -0.15) is 5.26 Å². The second-order valence-corrected chi connectivity index (χ2v) is 3.45. The van der Waals surface area contributed by atoms with Crippen LogP contribution in [0.25, 0.3) is 10.9 Å². The number of hydrogen-bond donors (Lipinski definition) is 0. The molecule has 0 saturated heterocycles. The van der Waals surface area contributed by atoms with Gasteiger partial charge in [0, 0.05) is 11.6 Å². The number of pyridine rings is 1. The van der Waals surface area contributed by atoms with Gasteiger partial charge < -0.3 is 4.74 Å². The van der Waals surface area contributed by atoms with Gasteiger partial charge in [0.05, 0.1) is 17.7 Å². The SMILES string of the molecule is COc1ccc2c(Cl)c(C#N)cnc2c1F. The molecule has 0 N–H and O–H groups in total. The van der Waals surface area contributed by atoms with E-state index in [1.807, 2.05) is 6.07 Å². The van der Waals surface area contributed by atoms with E-state index in [-0.39, 0.29) is 21.9 Å². The van der Waals surface area contributed by atoms with E-state index in [9.17, 15) is 4.39 Å². The highest BCUT2D eigenvalue weighted by atomic mass is 35.5. The molecule has 0 spiro atoms. The van der Waals surface area contributed by atoms with Crippen molar-refractivity contribution < 1.29 is 9.13 Å². The first kappa shape index (κ1) is 10.7. The monoisotopic (exact) mass is 236 g/mol. The standard InChI is InChI=1S/C11H6ClFN2O/c1-16-8-3-2-7-9(12)6(4-14)5-15-11(7)10(8)13/h2-3,5H,1H3. The van der Waals surface area contributed by atoms with Crippen molar-refractivity contribution in [3.63, 3.8) is 0 Å². The highest BCUT2D eigenvalue weighted by molar-refractivity contribution is 6.36. The van der Waals surface area contributed by atoms with Crippen LogP contribution in [0.15, 0.2) is 18.3 Å². The van der Waals surface area contributed by atoms with E-state index < -0.39 is 5.82 Å². The van der Waals surface area contributed by atoms with Crippen LogP contribution in [0.2, 0.25) is 5.02 Å². The molecule has 0 amide bonds. The van der Waals surface area contributed by atoms with Crippen molar-refractivity contribution in [1.82, 2.24) is 4.98 Å². The minimum Gasteiger partial charge on any atom is -0.494 e. The molecule has 1 aromatic heterocycles. The van der Waals surface area contributed by atoms with Crippen LogP contribution in [0.1, 0.15) is 5.56 Å². The number of hydrogen-bond acceptors (Lipinski definition) is 3. The van der Waals surface area contributed by atoms with E-state index in [0.29, 0.717) is 5.39 Å². The number of halogens is 2. The third-order valence-corrected chi connectivity index (χ3v) is 2.62. The second kappa shape index (κ2) is 3.95. The van der Waals surface area contributed by atoms with Gasteiger partial charge in [-0.3, -0.25) is 4.98 Å². The molecular weight excluding hydrogens is 231 g/mol. The molecule has 0 aliphatic carbocycles. The molecule has 0 fully saturated rings. The zero-order chi connectivity index (χ0) is 11.7. The Kier molecular flexibility index (Phi) is 2.63. The van der Waals surface area contributed by atoms with E-state index in [4.69, 9.17) is 21.6 Å². The lowest BCUT2D eigenvalue weighted by Gasteiger charge is -2.06. The number of fused-ring (bicyclic) bond motifs is 1. The van der Waals surface area contributed by atoms with Gasteiger partial charge in [-0.25, -0.2) is 4.39 Å². The van der Waals surface area contributed by atoms with E-state index in [1.54, 1.807) is 6.07 Å². The summed E-state index contributed by atoms with van der Waals surface area (Å²) in [6.45, 7) is 0. The topological polar surface area (TPSA) is 45.9 Å². The fourth-order valence-corrected chi connectivity index (χ4v) is 1.66. The molecule has 0 unspecified atom stereocenters. The highest BCUT2D eigenvalue weighted by Gasteiger charge is 2.13. The summed E-state index contributed by atoms with van der Waals surface area (Å²) in [5.74, 6) is -0.479. The minimum absolute atomic E-state index is 0.0979. The molecule has 80 valence electrons. The molecule has 1 heterocycles. The molecule has 2 rings (SSSR count). The first-order valence-corrected chi connectivity index (χ1v) is 4.77. The Morgan fingerprint density at radius 3 is 2.88 bits per heavy atom. The van der Waals surface area contributed by atoms with Crippen molar-refractivity contribution >= 4 is 22.5 Å². The van der Waals surface area contributed by atoms with Gasteiger partial charge in [0.25, 0.3) is 0 Å². The molecule has 1 aromatic carbocycles. The summed E-state index contributed by atoms with van der Waals surface area (Å²) in [4.78, 5) is 3.86. The minimum atomic E-state index is -0.577. The van der Waals surface area contributed by atoms with Crippen LogP contribution < -0.4 is 4.74 Å². The van der Waals surface area contributed by atoms with Crippen molar-refractivity contribution in [3.8, 4) is 11.8 Å². The van der Waals surface area contributed by atoms with Crippen LogP contribution in [0.3, 0.4) is 0 Å². The first-order valence-electron chi connectivity index (χ1n) is 4.40. The van der Waals surface area contributed by atoms with Crippen LogP contribution in [0, 0.1) is 17.1 Å². The maximum Gasteiger partial charge on any atom is 0.191 e. The van der Waals surface area contributed by atoms with Crippen LogP contribution in [-0.4, -0.2) is 12.1 Å². The molecule has 0 aliphatic heterocycles. The average molecular weight is 237 g/mol. The maximum absolute atomic E-state index is 13.8. The number of nitrogens with zero attached hydrogens (tertiary/aromatic N) is 2. The Labute approximate surface area is 96.0 Å². The molecule has 2 aromatic rings. The van der Waals surface area contributed by atoms with Gasteiger partial charge in [0.15, 0.2) is 11.6 Å². The predicted octanol–water partition coefficient (Wildman–Crippen LogP) is 2.91. The predicted molar refractivity (Wildman–Crippen MR) is 58.0 cm³/mol. The summed E-state index contributed by atoms with van der Waals surface area (Å²) >= 11 is 5.94. The number of rotatable bonds is 1. The van der Waals surface area contributed by atoms with E-state index in [0.717, 1.165) is 0 Å². The zero-order valence-corrected chi connectivity index (χ0v) is 9.05. The van der Waals surface area contributed by atoms with Gasteiger partial charge in [-0.15, -0.1) is 0 Å². The van der Waals surface area contributed by atoms with Gasteiger partial charge in [-0.1, -0.05) is 11.6 Å². The molecule has 0 aliphatic rings. The Bertz CT molecular complexity index is 607. The van der Waals surface area contributed by atoms with Gasteiger partial charge >= 0.3 is 0 Å². The Hall–Kier alpha value is -1.86. The summed E-state index contributed by atoms with van der Waals surface area (Å²) in [5.41, 5.74) is 0.321. The number of nitriles is 1. The lowest BCUT2D eigenvalue weighted by Crippen LogP contribution is -1.93. The Morgan fingerprint density at radius 1 is 1.50 bits per heavy atom. The van der Waals surface area contributed by atoms with Crippen molar-refractivity contribution in [3.05, 3.63) is 34.7 Å². The molecule has 16 heavy (non-hydrogen) atoms. The van der Waals surface area contributed by atoms with Crippen LogP contribution in [-0.2, 0) is 0 Å². The van der Waals surface area contributed by atoms with Crippen molar-refractivity contribution in [1.29, 1.82) is 5.26 Å². The Morgan fingerprint density at radius 2 is 2.25 bits per heavy atom. The lowest BCUT2D eigenvalue weighted by atomic mass is 10.1. The van der Waals surface area contributed by atoms with Gasteiger partial charge in [0.1, 0.15) is 11.6 Å². The summed E-state index contributed by atoms with van der Waals surface area (Å²) in [6, 6.07) is 4.91. The van der Waals surface area contributed by atoms with E-state index in [1.165, 1.54) is 19.4 Å². The van der Waals surface area contributed by atoms with Crippen LogP contribution >= 0.6 is 11.6 Å². The number of aromatic nitrogens is 1. The third kappa shape index (κ3) is 1.46. The van der Waals surface area contributed by atoms with E-state index in [2.05, 4.69) is 4.98 Å². The van der Waals surface area contributed by atoms with Crippen molar-refractivity contribution in [2.45, 2.75) is 0 Å². The largest absolute Gasteiger partial charge is 0.494 e. The number of ether oxygens (including phenoxy) is 1. The molecule has 3 nitrogen and oxygen atoms in total. The number of benzene rings is 1. The fraction of sp³-hybridized carbons (Fsp3) is 0.0909. The summed E-state index contributed by atoms with van der Waals surface area (Å²) < 4.78 is 18.6. The Balaban J connectivity index is 2.85.